The number of fused-ring (bicyclic) bond motifs is 1. The number of carbonyl (C=O) groups is 1. The molecule has 0 aromatic heterocycles. The quantitative estimate of drug-likeness (QED) is 0.566. The summed E-state index contributed by atoms with van der Waals surface area (Å²) in [4.78, 5) is 14.2. The second-order valence-corrected chi connectivity index (χ2v) is 6.78. The van der Waals surface area contributed by atoms with E-state index in [1.54, 1.807) is 38.6 Å². The molecule has 2 aliphatic rings. The Labute approximate surface area is 158 Å². The minimum Gasteiger partial charge on any atom is -0.399 e. The largest absolute Gasteiger partial charge is 0.399 e. The molecule has 3 rings (SSSR count). The Morgan fingerprint density at radius 2 is 2.07 bits per heavy atom. The number of amides is 1. The van der Waals surface area contributed by atoms with Crippen molar-refractivity contribution in [3.8, 4) is 0 Å². The minimum atomic E-state index is -0.376. The number of nitrogens with two attached hydrogens (primary N) is 1. The second kappa shape index (κ2) is 7.23. The molecule has 0 saturated heterocycles. The first kappa shape index (κ1) is 18.6. The van der Waals surface area contributed by atoms with Crippen LogP contribution in [0.5, 0.6) is 0 Å². The van der Waals surface area contributed by atoms with Crippen molar-refractivity contribution in [2.24, 2.45) is 11.8 Å². The number of hydrogen-bond acceptors (Lipinski definition) is 4. The van der Waals surface area contributed by atoms with Gasteiger partial charge < -0.3 is 21.4 Å². The van der Waals surface area contributed by atoms with Crippen molar-refractivity contribution in [2.75, 3.05) is 19.8 Å². The molecule has 27 heavy (non-hydrogen) atoms. The number of anilines is 1. The first-order valence-corrected chi connectivity index (χ1v) is 8.73. The molecule has 0 bridgehead atoms. The Hall–Kier alpha value is -3.15. The van der Waals surface area contributed by atoms with Gasteiger partial charge in [-0.15, -0.1) is 0 Å². The van der Waals surface area contributed by atoms with Crippen LogP contribution in [-0.2, 0) is 4.79 Å². The molecule has 1 aliphatic heterocycles. The average Bonchev–Trinajstić information content (AvgIpc) is 2.65. The number of nitrogens with zero attached hydrogens (tertiary/aromatic N) is 1. The highest BCUT2D eigenvalue weighted by Gasteiger charge is 2.39. The normalized spacial score (nSPS) is 22.5. The maximum absolute atomic E-state index is 14.6. The van der Waals surface area contributed by atoms with Crippen LogP contribution in [0.1, 0.15) is 12.5 Å². The van der Waals surface area contributed by atoms with Crippen LogP contribution in [0.15, 0.2) is 59.5 Å². The number of rotatable bonds is 4. The van der Waals surface area contributed by atoms with Crippen LogP contribution in [0, 0.1) is 23.1 Å². The van der Waals surface area contributed by atoms with E-state index in [9.17, 15) is 9.18 Å². The molecule has 1 unspecified atom stereocenters. The molecule has 4 N–H and O–H groups in total. The lowest BCUT2D eigenvalue weighted by molar-refractivity contribution is -0.124. The molecule has 0 radical (unpaired) electrons. The van der Waals surface area contributed by atoms with Gasteiger partial charge in [-0.2, -0.15) is 0 Å². The van der Waals surface area contributed by atoms with Gasteiger partial charge in [-0.25, -0.2) is 4.39 Å². The first-order valence-electron chi connectivity index (χ1n) is 8.73. The summed E-state index contributed by atoms with van der Waals surface area (Å²) in [5, 5.41) is 10.7. The van der Waals surface area contributed by atoms with Crippen LogP contribution in [0.3, 0.4) is 0 Å². The summed E-state index contributed by atoms with van der Waals surface area (Å²) in [6.45, 7) is 1.99. The molecule has 1 heterocycles. The fourth-order valence-electron chi connectivity index (χ4n) is 3.80. The molecule has 1 amide bonds. The number of nitrogens with one attached hydrogen (secondary N) is 2. The molecule has 0 spiro atoms. The number of allylic oxidation sites excluding steroid dienone is 5. The highest BCUT2D eigenvalue weighted by Crippen LogP contribution is 2.46. The van der Waals surface area contributed by atoms with Crippen LogP contribution >= 0.6 is 0 Å². The molecule has 6 heteroatoms. The Morgan fingerprint density at radius 3 is 2.74 bits per heavy atom. The van der Waals surface area contributed by atoms with Gasteiger partial charge in [0.1, 0.15) is 5.82 Å². The second-order valence-electron chi connectivity index (χ2n) is 6.78. The lowest BCUT2D eigenvalue weighted by atomic mass is 9.69. The maximum atomic E-state index is 14.6. The van der Waals surface area contributed by atoms with Gasteiger partial charge in [-0.1, -0.05) is 19.1 Å². The van der Waals surface area contributed by atoms with Crippen LogP contribution in [-0.4, -0.2) is 31.1 Å². The van der Waals surface area contributed by atoms with Gasteiger partial charge in [-0.3, -0.25) is 4.79 Å². The zero-order chi connectivity index (χ0) is 19.7. The molecule has 2 atom stereocenters. The van der Waals surface area contributed by atoms with Gasteiger partial charge >= 0.3 is 0 Å². The molecule has 1 aliphatic carbocycles. The van der Waals surface area contributed by atoms with Crippen molar-refractivity contribution in [3.63, 3.8) is 0 Å². The fourth-order valence-corrected chi connectivity index (χ4v) is 3.80. The molecule has 1 aromatic rings. The predicted molar refractivity (Wildman–Crippen MR) is 106 cm³/mol. The molecular formula is C21H23FN4O. The summed E-state index contributed by atoms with van der Waals surface area (Å²) >= 11 is 0. The van der Waals surface area contributed by atoms with E-state index in [0.717, 1.165) is 11.1 Å². The summed E-state index contributed by atoms with van der Waals surface area (Å²) < 4.78 is 14.6. The van der Waals surface area contributed by atoms with Gasteiger partial charge in [0.25, 0.3) is 5.91 Å². The van der Waals surface area contributed by atoms with Gasteiger partial charge in [0.2, 0.25) is 0 Å². The first-order chi connectivity index (χ1) is 12.9. The fraction of sp³-hybridized carbons (Fsp3) is 0.238. The van der Waals surface area contributed by atoms with Crippen LogP contribution in [0.25, 0.3) is 5.57 Å². The van der Waals surface area contributed by atoms with E-state index in [0.29, 0.717) is 22.4 Å². The SMILES string of the molecule is CN/C=C(\C=N)C1=CC=C2C(=O)N(C)C=C(c3cc(N)ccc3F)C2[C@@H]1C. The van der Waals surface area contributed by atoms with Crippen molar-refractivity contribution in [1.29, 1.82) is 5.41 Å². The summed E-state index contributed by atoms with van der Waals surface area (Å²) in [7, 11) is 3.43. The molecule has 5 nitrogen and oxygen atoms in total. The third-order valence-electron chi connectivity index (χ3n) is 5.09. The Bertz CT molecular complexity index is 926. The van der Waals surface area contributed by atoms with Gasteiger partial charge in [0.15, 0.2) is 0 Å². The average molecular weight is 366 g/mol. The van der Waals surface area contributed by atoms with Crippen molar-refractivity contribution < 1.29 is 9.18 Å². The van der Waals surface area contributed by atoms with Crippen molar-refractivity contribution in [3.05, 3.63) is 70.9 Å². The van der Waals surface area contributed by atoms with E-state index < -0.39 is 0 Å². The van der Waals surface area contributed by atoms with Crippen molar-refractivity contribution in [2.45, 2.75) is 6.92 Å². The number of likely N-dealkylation sites (N-methyl/N-ethyl adjacent to an activating group) is 1. The van der Waals surface area contributed by atoms with E-state index in [4.69, 9.17) is 11.1 Å². The number of nitrogen functional groups attached to an aromatic ring is 1. The van der Waals surface area contributed by atoms with Crippen molar-refractivity contribution >= 4 is 23.4 Å². The monoisotopic (exact) mass is 366 g/mol. The lowest BCUT2D eigenvalue weighted by Crippen LogP contribution is -2.37. The van der Waals surface area contributed by atoms with Crippen LogP contribution in [0.2, 0.25) is 0 Å². The number of halogens is 1. The molecule has 0 fully saturated rings. The van der Waals surface area contributed by atoms with Crippen LogP contribution < -0.4 is 11.1 Å². The topological polar surface area (TPSA) is 82.2 Å². The van der Waals surface area contributed by atoms with Gasteiger partial charge in [0, 0.05) is 61.0 Å². The Kier molecular flexibility index (Phi) is 4.99. The summed E-state index contributed by atoms with van der Waals surface area (Å²) in [5.74, 6) is -0.913. The van der Waals surface area contributed by atoms with Gasteiger partial charge in [-0.05, 0) is 35.3 Å². The molecular weight excluding hydrogens is 343 g/mol. The highest BCUT2D eigenvalue weighted by molar-refractivity contribution is 6.02. The predicted octanol–water partition coefficient (Wildman–Crippen LogP) is 3.09. The third kappa shape index (κ3) is 3.18. The maximum Gasteiger partial charge on any atom is 0.254 e. The van der Waals surface area contributed by atoms with Gasteiger partial charge in [0.05, 0.1) is 0 Å². The smallest absolute Gasteiger partial charge is 0.254 e. The summed E-state index contributed by atoms with van der Waals surface area (Å²) in [6, 6.07) is 4.47. The standard InChI is InChI=1S/C21H23FN4O/c1-12-15(13(9-23)10-25-2)5-6-16-20(12)18(11-26(3)21(16)27)17-8-14(24)4-7-19(17)22/h4-12,20,23,25H,24H2,1-3H3/b13-10+,23-9?/t12-,20?/m1/s1. The lowest BCUT2D eigenvalue weighted by Gasteiger charge is -2.38. The van der Waals surface area contributed by atoms with E-state index in [1.165, 1.54) is 23.2 Å². The molecule has 0 saturated carbocycles. The molecule has 1 aromatic carbocycles. The Morgan fingerprint density at radius 1 is 1.33 bits per heavy atom. The number of hydrogen-bond donors (Lipinski definition) is 3. The van der Waals surface area contributed by atoms with E-state index in [2.05, 4.69) is 5.32 Å². The van der Waals surface area contributed by atoms with E-state index >= 15 is 0 Å². The number of carbonyl (C=O) groups excluding carboxylic acids is 1. The van der Waals surface area contributed by atoms with Crippen LogP contribution in [0.4, 0.5) is 10.1 Å². The highest BCUT2D eigenvalue weighted by atomic mass is 19.1. The van der Waals surface area contributed by atoms with E-state index in [-0.39, 0.29) is 23.6 Å². The minimum absolute atomic E-state index is 0.107. The zero-order valence-corrected chi connectivity index (χ0v) is 15.6. The summed E-state index contributed by atoms with van der Waals surface area (Å²) in [5.41, 5.74) is 9.71. The zero-order valence-electron chi connectivity index (χ0n) is 15.6. The summed E-state index contributed by atoms with van der Waals surface area (Å²) in [6.07, 6.45) is 8.36. The molecule has 140 valence electrons. The van der Waals surface area contributed by atoms with E-state index in [1.807, 2.05) is 13.0 Å². The number of benzene rings is 1. The Balaban J connectivity index is 2.17. The third-order valence-corrected chi connectivity index (χ3v) is 5.09. The van der Waals surface area contributed by atoms with Crippen molar-refractivity contribution in [1.82, 2.24) is 10.2 Å².